The minimum Gasteiger partial charge on any atom is -0.493 e. The number of rotatable bonds is 10. The van der Waals surface area contributed by atoms with Gasteiger partial charge < -0.3 is 14.0 Å². The first-order valence-corrected chi connectivity index (χ1v) is 12.9. The molecule has 0 amide bonds. The molecule has 0 fully saturated rings. The van der Waals surface area contributed by atoms with Crippen LogP contribution in [-0.4, -0.2) is 38.3 Å². The summed E-state index contributed by atoms with van der Waals surface area (Å²) in [6, 6.07) is 13.7. The SMILES string of the molecule is CCCCCCn1c(C)nc2c(c1=O)c1nc3ccccc3nc1n2CCc1ccc(OC)c(OC)c1. The van der Waals surface area contributed by atoms with Gasteiger partial charge in [0.1, 0.15) is 16.7 Å². The van der Waals surface area contributed by atoms with Gasteiger partial charge in [0.15, 0.2) is 22.8 Å². The standard InChI is InChI=1S/C29H33N5O3/c1-5-6-7-10-16-33-19(2)30-27-25(29(33)35)26-28(32-22-12-9-8-11-21(22)31-26)34(27)17-15-20-13-14-23(36-3)24(18-20)37-4/h8-9,11-14,18H,5-7,10,15-17H2,1-4H3. The average molecular weight is 500 g/mol. The molecule has 3 aromatic heterocycles. The van der Waals surface area contributed by atoms with Crippen LogP contribution < -0.4 is 15.0 Å². The largest absolute Gasteiger partial charge is 0.493 e. The summed E-state index contributed by atoms with van der Waals surface area (Å²) in [6.45, 7) is 5.35. The lowest BCUT2D eigenvalue weighted by Crippen LogP contribution is -2.24. The Morgan fingerprint density at radius 1 is 0.811 bits per heavy atom. The van der Waals surface area contributed by atoms with Crippen LogP contribution in [0.15, 0.2) is 47.3 Å². The molecule has 37 heavy (non-hydrogen) atoms. The van der Waals surface area contributed by atoms with Crippen LogP contribution in [-0.2, 0) is 19.5 Å². The van der Waals surface area contributed by atoms with E-state index in [9.17, 15) is 4.79 Å². The topological polar surface area (TPSA) is 84.1 Å². The smallest absolute Gasteiger partial charge is 0.265 e. The number of hydrogen-bond acceptors (Lipinski definition) is 6. The molecular weight excluding hydrogens is 466 g/mol. The van der Waals surface area contributed by atoms with E-state index in [1.165, 1.54) is 0 Å². The second kappa shape index (κ2) is 10.6. The predicted molar refractivity (Wildman–Crippen MR) is 147 cm³/mol. The minimum atomic E-state index is -0.0431. The van der Waals surface area contributed by atoms with Gasteiger partial charge in [-0.1, -0.05) is 44.4 Å². The summed E-state index contributed by atoms with van der Waals surface area (Å²) < 4.78 is 14.7. The van der Waals surface area contributed by atoms with Crippen LogP contribution in [0.2, 0.25) is 0 Å². The number of ether oxygens (including phenoxy) is 2. The third-order valence-electron chi connectivity index (χ3n) is 6.95. The van der Waals surface area contributed by atoms with Crippen molar-refractivity contribution in [2.24, 2.45) is 0 Å². The Morgan fingerprint density at radius 3 is 2.30 bits per heavy atom. The maximum Gasteiger partial charge on any atom is 0.265 e. The van der Waals surface area contributed by atoms with Crippen molar-refractivity contribution in [2.45, 2.75) is 59.0 Å². The van der Waals surface area contributed by atoms with Crippen molar-refractivity contribution in [3.8, 4) is 11.5 Å². The van der Waals surface area contributed by atoms with Crippen molar-refractivity contribution < 1.29 is 9.47 Å². The van der Waals surface area contributed by atoms with Gasteiger partial charge >= 0.3 is 0 Å². The zero-order valence-electron chi connectivity index (χ0n) is 22.0. The average Bonchev–Trinajstić information content (AvgIpc) is 3.21. The zero-order chi connectivity index (χ0) is 25.9. The second-order valence-electron chi connectivity index (χ2n) is 9.35. The molecule has 0 aliphatic rings. The van der Waals surface area contributed by atoms with Crippen molar-refractivity contribution in [3.63, 3.8) is 0 Å². The van der Waals surface area contributed by atoms with Crippen molar-refractivity contribution in [1.82, 2.24) is 24.1 Å². The molecule has 0 spiro atoms. The van der Waals surface area contributed by atoms with E-state index in [4.69, 9.17) is 24.4 Å². The van der Waals surface area contributed by atoms with E-state index in [1.54, 1.807) is 18.8 Å². The lowest BCUT2D eigenvalue weighted by Gasteiger charge is -2.12. The summed E-state index contributed by atoms with van der Waals surface area (Å²) in [5.41, 5.74) is 4.53. The summed E-state index contributed by atoms with van der Waals surface area (Å²) in [7, 11) is 3.26. The van der Waals surface area contributed by atoms with Crippen LogP contribution in [0.4, 0.5) is 0 Å². The van der Waals surface area contributed by atoms with Gasteiger partial charge in [-0.25, -0.2) is 15.0 Å². The number of unbranched alkanes of at least 4 members (excludes halogenated alkanes) is 3. The molecule has 0 saturated heterocycles. The number of hydrogen-bond donors (Lipinski definition) is 0. The van der Waals surface area contributed by atoms with Gasteiger partial charge in [-0.15, -0.1) is 0 Å². The van der Waals surface area contributed by atoms with E-state index < -0.39 is 0 Å². The lowest BCUT2D eigenvalue weighted by molar-refractivity contribution is 0.354. The van der Waals surface area contributed by atoms with Crippen LogP contribution in [0.25, 0.3) is 33.2 Å². The molecule has 0 radical (unpaired) electrons. The molecule has 5 aromatic rings. The lowest BCUT2D eigenvalue weighted by atomic mass is 10.1. The van der Waals surface area contributed by atoms with Crippen molar-refractivity contribution in [2.75, 3.05) is 14.2 Å². The minimum absolute atomic E-state index is 0.0431. The first-order chi connectivity index (χ1) is 18.0. The van der Waals surface area contributed by atoms with E-state index in [0.29, 0.717) is 59.0 Å². The molecule has 0 unspecified atom stereocenters. The quantitative estimate of drug-likeness (QED) is 0.238. The van der Waals surface area contributed by atoms with Gasteiger partial charge in [0.25, 0.3) is 5.56 Å². The molecule has 192 valence electrons. The van der Waals surface area contributed by atoms with Gasteiger partial charge in [0, 0.05) is 13.1 Å². The van der Waals surface area contributed by atoms with Crippen LogP contribution >= 0.6 is 0 Å². The third-order valence-corrected chi connectivity index (χ3v) is 6.95. The van der Waals surface area contributed by atoms with E-state index in [-0.39, 0.29) is 5.56 Å². The van der Waals surface area contributed by atoms with Crippen LogP contribution in [0.5, 0.6) is 11.5 Å². The van der Waals surface area contributed by atoms with Gasteiger partial charge in [-0.2, -0.15) is 0 Å². The molecule has 3 heterocycles. The Hall–Kier alpha value is -3.94. The van der Waals surface area contributed by atoms with Gasteiger partial charge in [0.05, 0.1) is 25.3 Å². The van der Waals surface area contributed by atoms with E-state index in [2.05, 4.69) is 6.92 Å². The number of benzene rings is 2. The Morgan fingerprint density at radius 2 is 1.57 bits per heavy atom. The predicted octanol–water partition coefficient (Wildman–Crippen LogP) is 5.44. The molecule has 8 nitrogen and oxygen atoms in total. The fraction of sp³-hybridized carbons (Fsp3) is 0.379. The third kappa shape index (κ3) is 4.63. The Kier molecular flexibility index (Phi) is 7.08. The highest BCUT2D eigenvalue weighted by Gasteiger charge is 2.21. The molecule has 5 rings (SSSR count). The highest BCUT2D eigenvalue weighted by Crippen LogP contribution is 2.29. The molecule has 0 bridgehead atoms. The monoisotopic (exact) mass is 499 g/mol. The number of aromatic nitrogens is 5. The second-order valence-corrected chi connectivity index (χ2v) is 9.35. The molecule has 0 N–H and O–H groups in total. The normalized spacial score (nSPS) is 11.6. The van der Waals surface area contributed by atoms with Crippen LogP contribution in [0.3, 0.4) is 0 Å². The molecule has 8 heteroatoms. The summed E-state index contributed by atoms with van der Waals surface area (Å²) in [5, 5.41) is 0.543. The zero-order valence-corrected chi connectivity index (χ0v) is 22.0. The van der Waals surface area contributed by atoms with Gasteiger partial charge in [0.2, 0.25) is 0 Å². The van der Waals surface area contributed by atoms with Gasteiger partial charge in [-0.05, 0) is 49.6 Å². The van der Waals surface area contributed by atoms with Crippen molar-refractivity contribution in [3.05, 3.63) is 64.2 Å². The van der Waals surface area contributed by atoms with E-state index in [1.807, 2.05) is 54.0 Å². The summed E-state index contributed by atoms with van der Waals surface area (Å²) in [4.78, 5) is 28.6. The maximum atomic E-state index is 13.8. The van der Waals surface area contributed by atoms with Crippen LogP contribution in [0, 0.1) is 6.92 Å². The summed E-state index contributed by atoms with van der Waals surface area (Å²) in [6.07, 6.45) is 5.07. The Bertz CT molecular complexity index is 1640. The number of aryl methyl sites for hydroxylation is 3. The Labute approximate surface area is 215 Å². The Balaban J connectivity index is 1.64. The number of methoxy groups -OCH3 is 2. The molecule has 0 saturated carbocycles. The maximum absolute atomic E-state index is 13.8. The van der Waals surface area contributed by atoms with Crippen molar-refractivity contribution >= 4 is 33.2 Å². The van der Waals surface area contributed by atoms with Crippen LogP contribution in [0.1, 0.15) is 44.0 Å². The molecule has 0 aliphatic carbocycles. The molecule has 2 aromatic carbocycles. The number of para-hydroxylation sites is 2. The fourth-order valence-corrected chi connectivity index (χ4v) is 4.95. The summed E-state index contributed by atoms with van der Waals surface area (Å²) >= 11 is 0. The fourth-order valence-electron chi connectivity index (χ4n) is 4.95. The highest BCUT2D eigenvalue weighted by molar-refractivity contribution is 6.04. The molecule has 0 aliphatic heterocycles. The first-order valence-electron chi connectivity index (χ1n) is 12.9. The highest BCUT2D eigenvalue weighted by atomic mass is 16.5. The van der Waals surface area contributed by atoms with Crippen molar-refractivity contribution in [1.29, 1.82) is 0 Å². The number of fused-ring (bicyclic) bond motifs is 4. The van der Waals surface area contributed by atoms with Gasteiger partial charge in [-0.3, -0.25) is 9.36 Å². The first kappa shape index (κ1) is 24.7. The van der Waals surface area contributed by atoms with E-state index in [0.717, 1.165) is 42.3 Å². The number of nitrogens with zero attached hydrogens (tertiary/aromatic N) is 5. The molecular formula is C29H33N5O3. The summed E-state index contributed by atoms with van der Waals surface area (Å²) in [5.74, 6) is 2.10. The van der Waals surface area contributed by atoms with E-state index >= 15 is 0 Å². The molecule has 0 atom stereocenters.